The highest BCUT2D eigenvalue weighted by molar-refractivity contribution is 5.94. The molecule has 2 aromatic heterocycles. The van der Waals surface area contributed by atoms with Crippen molar-refractivity contribution in [1.82, 2.24) is 29.9 Å². The SMILES string of the molecule is Cc1cncc(C(=O)N2CCC3(CC2)CC(c2nnc(C(C)C)o2)N(CC(=O)N(C)C)C3)c1. The number of hydrogen-bond acceptors (Lipinski definition) is 7. The number of nitrogens with zero attached hydrogens (tertiary/aromatic N) is 6. The second kappa shape index (κ2) is 9.21. The maximum absolute atomic E-state index is 13.0. The molecule has 9 heteroatoms. The van der Waals surface area contributed by atoms with Crippen LogP contribution in [0.2, 0.25) is 0 Å². The molecule has 1 atom stereocenters. The third-order valence-corrected chi connectivity index (χ3v) is 6.91. The van der Waals surface area contributed by atoms with E-state index in [4.69, 9.17) is 4.42 Å². The van der Waals surface area contributed by atoms with Crippen LogP contribution in [0.4, 0.5) is 0 Å². The summed E-state index contributed by atoms with van der Waals surface area (Å²) in [5.41, 5.74) is 1.64. The molecule has 0 bridgehead atoms. The van der Waals surface area contributed by atoms with E-state index in [0.717, 1.165) is 31.4 Å². The lowest BCUT2D eigenvalue weighted by Crippen LogP contribution is -2.45. The number of hydrogen-bond donors (Lipinski definition) is 0. The van der Waals surface area contributed by atoms with Crippen molar-refractivity contribution in [2.24, 2.45) is 5.41 Å². The van der Waals surface area contributed by atoms with Gasteiger partial charge in [-0.1, -0.05) is 13.8 Å². The molecule has 4 rings (SSSR count). The Hall–Kier alpha value is -2.81. The van der Waals surface area contributed by atoms with Crippen LogP contribution in [-0.4, -0.2) is 82.0 Å². The third-order valence-electron chi connectivity index (χ3n) is 6.91. The number of aromatic nitrogens is 3. The van der Waals surface area contributed by atoms with Crippen molar-refractivity contribution < 1.29 is 14.0 Å². The maximum Gasteiger partial charge on any atom is 0.255 e. The first-order chi connectivity index (χ1) is 15.7. The first kappa shape index (κ1) is 23.4. The number of amides is 2. The van der Waals surface area contributed by atoms with Gasteiger partial charge in [0.1, 0.15) is 0 Å². The summed E-state index contributed by atoms with van der Waals surface area (Å²) in [4.78, 5) is 35.4. The quantitative estimate of drug-likeness (QED) is 0.685. The van der Waals surface area contributed by atoms with Gasteiger partial charge in [-0.15, -0.1) is 10.2 Å². The molecule has 2 fully saturated rings. The van der Waals surface area contributed by atoms with Gasteiger partial charge in [-0.05, 0) is 43.2 Å². The van der Waals surface area contributed by atoms with E-state index in [0.29, 0.717) is 37.0 Å². The van der Waals surface area contributed by atoms with Crippen LogP contribution in [0.5, 0.6) is 0 Å². The Bertz CT molecular complexity index is 1010. The van der Waals surface area contributed by atoms with Gasteiger partial charge in [0.2, 0.25) is 17.7 Å². The summed E-state index contributed by atoms with van der Waals surface area (Å²) in [5, 5.41) is 8.56. The van der Waals surface area contributed by atoms with Gasteiger partial charge in [-0.3, -0.25) is 19.5 Å². The monoisotopic (exact) mass is 454 g/mol. The van der Waals surface area contributed by atoms with Crippen molar-refractivity contribution in [1.29, 1.82) is 0 Å². The summed E-state index contributed by atoms with van der Waals surface area (Å²) in [6.45, 7) is 8.47. The van der Waals surface area contributed by atoms with Crippen LogP contribution in [0, 0.1) is 12.3 Å². The van der Waals surface area contributed by atoms with E-state index in [1.54, 1.807) is 31.4 Å². The number of carbonyl (C=O) groups is 2. The van der Waals surface area contributed by atoms with Crippen molar-refractivity contribution in [3.05, 3.63) is 41.4 Å². The lowest BCUT2D eigenvalue weighted by molar-refractivity contribution is -0.130. The summed E-state index contributed by atoms with van der Waals surface area (Å²) >= 11 is 0. The second-order valence-corrected chi connectivity index (χ2v) is 10.1. The van der Waals surface area contributed by atoms with Crippen molar-refractivity contribution >= 4 is 11.8 Å². The first-order valence-electron chi connectivity index (χ1n) is 11.7. The van der Waals surface area contributed by atoms with Gasteiger partial charge in [-0.25, -0.2) is 0 Å². The molecule has 2 aromatic rings. The fourth-order valence-corrected chi connectivity index (χ4v) is 4.88. The Kier molecular flexibility index (Phi) is 6.52. The van der Waals surface area contributed by atoms with Crippen LogP contribution in [0.3, 0.4) is 0 Å². The molecular weight excluding hydrogens is 420 g/mol. The molecule has 178 valence electrons. The smallest absolute Gasteiger partial charge is 0.255 e. The topological polar surface area (TPSA) is 95.7 Å². The van der Waals surface area contributed by atoms with Gasteiger partial charge >= 0.3 is 0 Å². The molecule has 0 radical (unpaired) electrons. The molecule has 1 spiro atoms. The van der Waals surface area contributed by atoms with Crippen LogP contribution >= 0.6 is 0 Å². The highest BCUT2D eigenvalue weighted by Gasteiger charge is 2.48. The summed E-state index contributed by atoms with van der Waals surface area (Å²) in [7, 11) is 3.55. The van der Waals surface area contributed by atoms with E-state index in [1.807, 2.05) is 31.7 Å². The molecule has 0 saturated carbocycles. The zero-order valence-electron chi connectivity index (χ0n) is 20.2. The van der Waals surface area contributed by atoms with Gasteiger partial charge < -0.3 is 14.2 Å². The van der Waals surface area contributed by atoms with Gasteiger partial charge in [0, 0.05) is 52.0 Å². The largest absolute Gasteiger partial charge is 0.423 e. The molecule has 2 aliphatic rings. The number of piperidine rings is 1. The minimum absolute atomic E-state index is 0.0192. The standard InChI is InChI=1S/C24H34N6O3/c1-16(2)21-26-27-22(33-21)19-11-24(15-30(19)14-20(31)28(4)5)6-8-29(9-7-24)23(32)18-10-17(3)12-25-13-18/h10,12-13,16,19H,6-9,11,14-15H2,1-5H3. The Morgan fingerprint density at radius 2 is 1.94 bits per heavy atom. The van der Waals surface area contributed by atoms with Gasteiger partial charge in [0.05, 0.1) is 18.2 Å². The molecule has 33 heavy (non-hydrogen) atoms. The van der Waals surface area contributed by atoms with Crippen molar-refractivity contribution in [3.8, 4) is 0 Å². The van der Waals surface area contributed by atoms with Gasteiger partial charge in [0.25, 0.3) is 5.91 Å². The molecule has 2 saturated heterocycles. The molecule has 0 N–H and O–H groups in total. The lowest BCUT2D eigenvalue weighted by atomic mass is 9.76. The van der Waals surface area contributed by atoms with Crippen LogP contribution in [0.15, 0.2) is 22.9 Å². The normalized spacial score (nSPS) is 20.5. The molecule has 4 heterocycles. The number of aryl methyl sites for hydroxylation is 1. The summed E-state index contributed by atoms with van der Waals surface area (Å²) < 4.78 is 6.00. The van der Waals surface area contributed by atoms with Crippen LogP contribution in [-0.2, 0) is 4.79 Å². The Morgan fingerprint density at radius 1 is 1.21 bits per heavy atom. The van der Waals surface area contributed by atoms with Crippen molar-refractivity contribution in [2.45, 2.75) is 52.0 Å². The van der Waals surface area contributed by atoms with Crippen LogP contribution < -0.4 is 0 Å². The zero-order chi connectivity index (χ0) is 23.8. The minimum atomic E-state index is -0.0860. The van der Waals surface area contributed by atoms with Crippen molar-refractivity contribution in [3.63, 3.8) is 0 Å². The molecular formula is C24H34N6O3. The van der Waals surface area contributed by atoms with Gasteiger partial charge in [-0.2, -0.15) is 0 Å². The predicted octanol–water partition coefficient (Wildman–Crippen LogP) is 2.65. The summed E-state index contributed by atoms with van der Waals surface area (Å²) in [6, 6.07) is 1.80. The summed E-state index contributed by atoms with van der Waals surface area (Å²) in [5.74, 6) is 1.46. The highest BCUT2D eigenvalue weighted by atomic mass is 16.4. The number of likely N-dealkylation sites (N-methyl/N-ethyl adjacent to an activating group) is 1. The molecule has 9 nitrogen and oxygen atoms in total. The Morgan fingerprint density at radius 3 is 2.55 bits per heavy atom. The molecule has 2 aliphatic heterocycles. The maximum atomic E-state index is 13.0. The predicted molar refractivity (Wildman–Crippen MR) is 123 cm³/mol. The third kappa shape index (κ3) is 4.93. The minimum Gasteiger partial charge on any atom is -0.423 e. The average Bonchev–Trinajstić information content (AvgIpc) is 3.39. The van der Waals surface area contributed by atoms with Crippen molar-refractivity contribution in [2.75, 3.05) is 40.3 Å². The Balaban J connectivity index is 1.49. The van der Waals surface area contributed by atoms with E-state index in [1.165, 1.54) is 0 Å². The zero-order valence-corrected chi connectivity index (χ0v) is 20.2. The first-order valence-corrected chi connectivity index (χ1v) is 11.7. The molecule has 2 amide bonds. The fraction of sp³-hybridized carbons (Fsp3) is 0.625. The van der Waals surface area contributed by atoms with E-state index in [9.17, 15) is 9.59 Å². The molecule has 1 unspecified atom stereocenters. The fourth-order valence-electron chi connectivity index (χ4n) is 4.88. The van der Waals surface area contributed by atoms with E-state index >= 15 is 0 Å². The lowest BCUT2D eigenvalue weighted by Gasteiger charge is -2.39. The number of likely N-dealkylation sites (tertiary alicyclic amines) is 2. The molecule has 0 aliphatic carbocycles. The highest BCUT2D eigenvalue weighted by Crippen LogP contribution is 2.48. The van der Waals surface area contributed by atoms with E-state index in [2.05, 4.69) is 20.1 Å². The summed E-state index contributed by atoms with van der Waals surface area (Å²) in [6.07, 6.45) is 6.01. The molecule has 0 aromatic carbocycles. The van der Waals surface area contributed by atoms with Crippen LogP contribution in [0.1, 0.15) is 72.8 Å². The van der Waals surface area contributed by atoms with E-state index < -0.39 is 0 Å². The Labute approximate surface area is 195 Å². The second-order valence-electron chi connectivity index (χ2n) is 10.1. The van der Waals surface area contributed by atoms with E-state index in [-0.39, 0.29) is 29.2 Å². The van der Waals surface area contributed by atoms with Crippen LogP contribution in [0.25, 0.3) is 0 Å². The average molecular weight is 455 g/mol. The number of pyridine rings is 1. The number of carbonyl (C=O) groups excluding carboxylic acids is 2. The van der Waals surface area contributed by atoms with Gasteiger partial charge in [0.15, 0.2) is 0 Å². The number of rotatable bonds is 5.